The van der Waals surface area contributed by atoms with E-state index in [1.165, 1.54) is 0 Å². The van der Waals surface area contributed by atoms with Gasteiger partial charge in [0.2, 0.25) is 5.91 Å². The number of aryl methyl sites for hydroxylation is 2. The maximum atomic E-state index is 12.9. The summed E-state index contributed by atoms with van der Waals surface area (Å²) in [6, 6.07) is 21.0. The number of urea groups is 1. The molecule has 0 fully saturated rings. The lowest BCUT2D eigenvalue weighted by Crippen LogP contribution is -2.49. The summed E-state index contributed by atoms with van der Waals surface area (Å²) in [5.74, 6) is -0.650. The van der Waals surface area contributed by atoms with Crippen molar-refractivity contribution in [3.05, 3.63) is 95.1 Å². The minimum absolute atomic E-state index is 0.0947. The van der Waals surface area contributed by atoms with Crippen LogP contribution in [-0.4, -0.2) is 23.9 Å². The Bertz CT molecular complexity index is 1190. The monoisotopic (exact) mass is 472 g/mol. The van der Waals surface area contributed by atoms with E-state index in [-0.39, 0.29) is 30.3 Å². The van der Waals surface area contributed by atoms with Crippen LogP contribution in [0.1, 0.15) is 40.9 Å². The highest BCUT2D eigenvalue weighted by molar-refractivity contribution is 6.00. The van der Waals surface area contributed by atoms with E-state index in [9.17, 15) is 14.4 Å². The van der Waals surface area contributed by atoms with E-state index < -0.39 is 6.04 Å². The number of amides is 4. The quantitative estimate of drug-likeness (QED) is 0.370. The van der Waals surface area contributed by atoms with E-state index in [2.05, 4.69) is 21.3 Å². The molecule has 0 aliphatic heterocycles. The maximum absolute atomic E-state index is 12.9. The molecule has 4 amide bonds. The molecular weight excluding hydrogens is 440 g/mol. The first kappa shape index (κ1) is 25.5. The first-order valence-electron chi connectivity index (χ1n) is 11.6. The van der Waals surface area contributed by atoms with Gasteiger partial charge in [0, 0.05) is 23.5 Å². The summed E-state index contributed by atoms with van der Waals surface area (Å²) in [5.41, 5.74) is 4.75. The fourth-order valence-electron chi connectivity index (χ4n) is 3.54. The van der Waals surface area contributed by atoms with Crippen LogP contribution in [0.25, 0.3) is 0 Å². The number of hydrogen-bond acceptors (Lipinski definition) is 3. The Morgan fingerprint density at radius 3 is 2.03 bits per heavy atom. The summed E-state index contributed by atoms with van der Waals surface area (Å²) >= 11 is 0. The predicted molar refractivity (Wildman–Crippen MR) is 139 cm³/mol. The van der Waals surface area contributed by atoms with Crippen LogP contribution >= 0.6 is 0 Å². The summed E-state index contributed by atoms with van der Waals surface area (Å²) in [4.78, 5) is 37.8. The summed E-state index contributed by atoms with van der Waals surface area (Å²) in [6.45, 7) is 7.94. The second-order valence-corrected chi connectivity index (χ2v) is 8.93. The molecule has 0 radical (unpaired) electrons. The van der Waals surface area contributed by atoms with Gasteiger partial charge >= 0.3 is 6.03 Å². The second-order valence-electron chi connectivity index (χ2n) is 8.93. The summed E-state index contributed by atoms with van der Waals surface area (Å²) in [6.07, 6.45) is 0. The van der Waals surface area contributed by atoms with Crippen LogP contribution < -0.4 is 21.3 Å². The van der Waals surface area contributed by atoms with Gasteiger partial charge in [0.05, 0.1) is 0 Å². The van der Waals surface area contributed by atoms with E-state index >= 15 is 0 Å². The van der Waals surface area contributed by atoms with Crippen LogP contribution in [0, 0.1) is 19.8 Å². The van der Waals surface area contributed by atoms with Crippen molar-refractivity contribution in [2.24, 2.45) is 5.92 Å². The Kier molecular flexibility index (Phi) is 8.62. The average molecular weight is 473 g/mol. The van der Waals surface area contributed by atoms with Gasteiger partial charge in [0.25, 0.3) is 5.91 Å². The molecule has 35 heavy (non-hydrogen) atoms. The molecule has 0 saturated carbocycles. The fourth-order valence-corrected chi connectivity index (χ4v) is 3.54. The normalized spacial score (nSPS) is 11.5. The van der Waals surface area contributed by atoms with Crippen molar-refractivity contribution in [3.8, 4) is 0 Å². The third-order valence-corrected chi connectivity index (χ3v) is 5.48. The highest BCUT2D eigenvalue weighted by atomic mass is 16.2. The molecule has 3 aromatic rings. The van der Waals surface area contributed by atoms with Crippen molar-refractivity contribution in [3.63, 3.8) is 0 Å². The van der Waals surface area contributed by atoms with Crippen molar-refractivity contribution in [2.75, 3.05) is 10.6 Å². The molecule has 0 spiro atoms. The predicted octanol–water partition coefficient (Wildman–Crippen LogP) is 5.02. The van der Waals surface area contributed by atoms with Crippen LogP contribution in [0.5, 0.6) is 0 Å². The Morgan fingerprint density at radius 1 is 0.771 bits per heavy atom. The van der Waals surface area contributed by atoms with Gasteiger partial charge in [-0.05, 0) is 67.3 Å². The van der Waals surface area contributed by atoms with Gasteiger partial charge in [-0.3, -0.25) is 9.59 Å². The highest BCUT2D eigenvalue weighted by Gasteiger charge is 2.24. The number of rotatable bonds is 8. The standard InChI is InChI=1S/C28H32N4O3/c1-18(2)25(32-26(33)22-13-11-19(3)12-14-22)27(34)29-17-21-8-6-10-24(16-21)31-28(35)30-23-9-5-7-20(4)15-23/h5-16,18,25H,17H2,1-4H3,(H,29,34)(H,32,33)(H2,30,31,35). The number of carbonyl (C=O) groups is 3. The van der Waals surface area contributed by atoms with Crippen molar-refractivity contribution in [2.45, 2.75) is 40.3 Å². The van der Waals surface area contributed by atoms with Gasteiger partial charge in [-0.25, -0.2) is 4.79 Å². The topological polar surface area (TPSA) is 99.3 Å². The molecule has 0 aromatic heterocycles. The molecule has 0 aliphatic rings. The van der Waals surface area contributed by atoms with E-state index in [4.69, 9.17) is 0 Å². The average Bonchev–Trinajstić information content (AvgIpc) is 2.81. The number of benzene rings is 3. The van der Waals surface area contributed by atoms with Crippen LogP contribution in [-0.2, 0) is 11.3 Å². The third-order valence-electron chi connectivity index (χ3n) is 5.48. The molecule has 0 heterocycles. The number of hydrogen-bond donors (Lipinski definition) is 4. The zero-order valence-electron chi connectivity index (χ0n) is 20.5. The van der Waals surface area contributed by atoms with Crippen molar-refractivity contribution >= 4 is 29.2 Å². The second kappa shape index (κ2) is 11.8. The van der Waals surface area contributed by atoms with Crippen LogP contribution in [0.4, 0.5) is 16.2 Å². The maximum Gasteiger partial charge on any atom is 0.323 e. The number of anilines is 2. The molecule has 7 heteroatoms. The molecular formula is C28H32N4O3. The first-order valence-corrected chi connectivity index (χ1v) is 11.6. The van der Waals surface area contributed by atoms with Crippen molar-refractivity contribution in [1.29, 1.82) is 0 Å². The minimum Gasteiger partial charge on any atom is -0.350 e. The Labute approximate surface area is 206 Å². The fraction of sp³-hybridized carbons (Fsp3) is 0.250. The Hall–Kier alpha value is -4.13. The molecule has 0 aliphatic carbocycles. The summed E-state index contributed by atoms with van der Waals surface area (Å²) < 4.78 is 0. The molecule has 1 unspecified atom stereocenters. The first-order chi connectivity index (χ1) is 16.7. The molecule has 0 saturated heterocycles. The lowest BCUT2D eigenvalue weighted by Gasteiger charge is -2.22. The van der Waals surface area contributed by atoms with E-state index in [0.29, 0.717) is 16.9 Å². The zero-order valence-corrected chi connectivity index (χ0v) is 20.5. The van der Waals surface area contributed by atoms with Gasteiger partial charge in [-0.1, -0.05) is 55.8 Å². The van der Waals surface area contributed by atoms with E-state index in [1.54, 1.807) is 24.3 Å². The van der Waals surface area contributed by atoms with Crippen LogP contribution in [0.2, 0.25) is 0 Å². The lowest BCUT2D eigenvalue weighted by molar-refractivity contribution is -0.124. The SMILES string of the molecule is Cc1ccc(C(=O)NC(C(=O)NCc2cccc(NC(=O)Nc3cccc(C)c3)c2)C(C)C)cc1. The van der Waals surface area contributed by atoms with Crippen LogP contribution in [0.3, 0.4) is 0 Å². The molecule has 4 N–H and O–H groups in total. The number of nitrogens with one attached hydrogen (secondary N) is 4. The van der Waals surface area contributed by atoms with Gasteiger partial charge in [0.15, 0.2) is 0 Å². The summed E-state index contributed by atoms with van der Waals surface area (Å²) in [5, 5.41) is 11.3. The molecule has 3 rings (SSSR count). The molecule has 3 aromatic carbocycles. The Balaban J connectivity index is 1.56. The lowest BCUT2D eigenvalue weighted by atomic mass is 10.0. The number of carbonyl (C=O) groups excluding carboxylic acids is 3. The summed E-state index contributed by atoms with van der Waals surface area (Å²) in [7, 11) is 0. The van der Waals surface area contributed by atoms with E-state index in [0.717, 1.165) is 16.7 Å². The molecule has 182 valence electrons. The van der Waals surface area contributed by atoms with Gasteiger partial charge in [-0.15, -0.1) is 0 Å². The molecule has 7 nitrogen and oxygen atoms in total. The minimum atomic E-state index is -0.676. The van der Waals surface area contributed by atoms with Crippen LogP contribution in [0.15, 0.2) is 72.8 Å². The van der Waals surface area contributed by atoms with Gasteiger partial charge < -0.3 is 21.3 Å². The van der Waals surface area contributed by atoms with Gasteiger partial charge in [0.1, 0.15) is 6.04 Å². The highest BCUT2D eigenvalue weighted by Crippen LogP contribution is 2.14. The third kappa shape index (κ3) is 7.71. The van der Waals surface area contributed by atoms with Crippen molar-refractivity contribution in [1.82, 2.24) is 10.6 Å². The zero-order chi connectivity index (χ0) is 25.4. The van der Waals surface area contributed by atoms with E-state index in [1.807, 2.05) is 76.2 Å². The molecule has 0 bridgehead atoms. The Morgan fingerprint density at radius 2 is 1.40 bits per heavy atom. The van der Waals surface area contributed by atoms with Crippen molar-refractivity contribution < 1.29 is 14.4 Å². The smallest absolute Gasteiger partial charge is 0.323 e. The van der Waals surface area contributed by atoms with Gasteiger partial charge in [-0.2, -0.15) is 0 Å². The molecule has 1 atom stereocenters. The largest absolute Gasteiger partial charge is 0.350 e.